The highest BCUT2D eigenvalue weighted by Gasteiger charge is 2.21. The first-order chi connectivity index (χ1) is 11.4. The van der Waals surface area contributed by atoms with Gasteiger partial charge >= 0.3 is 0 Å². The third-order valence-corrected chi connectivity index (χ3v) is 4.32. The molecular weight excluding hydrogens is 292 g/mol. The Morgan fingerprint density at radius 2 is 1.29 bits per heavy atom. The van der Waals surface area contributed by atoms with Crippen molar-refractivity contribution in [2.45, 2.75) is 26.2 Å². The summed E-state index contributed by atoms with van der Waals surface area (Å²) in [7, 11) is 0. The summed E-state index contributed by atoms with van der Waals surface area (Å²) in [5.74, 6) is 0. The van der Waals surface area contributed by atoms with E-state index in [4.69, 9.17) is 11.5 Å². The molecule has 0 atom stereocenters. The van der Waals surface area contributed by atoms with Crippen LogP contribution >= 0.6 is 0 Å². The number of hydrogen-bond donors (Lipinski definition) is 2. The van der Waals surface area contributed by atoms with E-state index < -0.39 is 0 Å². The molecule has 0 heterocycles. The molecule has 0 amide bonds. The molecule has 0 radical (unpaired) electrons. The monoisotopic (exact) mass is 316 g/mol. The molecule has 0 unspecified atom stereocenters. The van der Waals surface area contributed by atoms with E-state index in [0.717, 1.165) is 39.2 Å². The molecule has 0 aliphatic rings. The summed E-state index contributed by atoms with van der Waals surface area (Å²) in [5, 5.41) is 0. The molecule has 0 saturated heterocycles. The van der Waals surface area contributed by atoms with E-state index in [1.165, 1.54) is 0 Å². The van der Waals surface area contributed by atoms with Crippen LogP contribution in [0.4, 0.5) is 11.4 Å². The molecule has 0 aromatic heterocycles. The van der Waals surface area contributed by atoms with Crippen molar-refractivity contribution in [1.29, 1.82) is 0 Å². The molecule has 0 spiro atoms. The first kappa shape index (κ1) is 16.1. The molecular formula is C22H24N2. The predicted molar refractivity (Wildman–Crippen MR) is 105 cm³/mol. The lowest BCUT2D eigenvalue weighted by atomic mass is 9.81. The van der Waals surface area contributed by atoms with Crippen LogP contribution in [0.2, 0.25) is 0 Å². The van der Waals surface area contributed by atoms with Crippen LogP contribution < -0.4 is 11.5 Å². The number of nitrogen functional groups attached to an aromatic ring is 2. The molecule has 122 valence electrons. The van der Waals surface area contributed by atoms with E-state index in [1.807, 2.05) is 30.3 Å². The maximum absolute atomic E-state index is 6.55. The summed E-state index contributed by atoms with van der Waals surface area (Å²) in [6.07, 6.45) is 0. The molecule has 4 N–H and O–H groups in total. The van der Waals surface area contributed by atoms with Crippen molar-refractivity contribution in [3.8, 4) is 22.3 Å². The summed E-state index contributed by atoms with van der Waals surface area (Å²) in [5.41, 5.74) is 19.7. The Morgan fingerprint density at radius 1 is 0.667 bits per heavy atom. The lowest BCUT2D eigenvalue weighted by Gasteiger charge is -2.24. The van der Waals surface area contributed by atoms with Gasteiger partial charge in [-0.05, 0) is 51.9 Å². The fourth-order valence-corrected chi connectivity index (χ4v) is 2.97. The van der Waals surface area contributed by atoms with Gasteiger partial charge in [0.15, 0.2) is 0 Å². The summed E-state index contributed by atoms with van der Waals surface area (Å²) in [6, 6.07) is 22.7. The van der Waals surface area contributed by atoms with Crippen molar-refractivity contribution in [3.05, 3.63) is 72.3 Å². The van der Waals surface area contributed by atoms with Gasteiger partial charge in [0.25, 0.3) is 0 Å². The molecule has 0 bridgehead atoms. The molecule has 3 aromatic rings. The highest BCUT2D eigenvalue weighted by atomic mass is 14.6. The van der Waals surface area contributed by atoms with Gasteiger partial charge in [-0.25, -0.2) is 0 Å². The molecule has 24 heavy (non-hydrogen) atoms. The van der Waals surface area contributed by atoms with E-state index in [1.54, 1.807) is 0 Å². The van der Waals surface area contributed by atoms with Gasteiger partial charge in [-0.15, -0.1) is 0 Å². The van der Waals surface area contributed by atoms with Crippen LogP contribution in [-0.4, -0.2) is 0 Å². The van der Waals surface area contributed by atoms with Crippen molar-refractivity contribution in [2.75, 3.05) is 11.5 Å². The van der Waals surface area contributed by atoms with Crippen molar-refractivity contribution in [3.63, 3.8) is 0 Å². The van der Waals surface area contributed by atoms with Gasteiger partial charge in [-0.2, -0.15) is 0 Å². The Balaban J connectivity index is 2.26. The molecule has 0 aliphatic carbocycles. The summed E-state index contributed by atoms with van der Waals surface area (Å²) in [6.45, 7) is 6.58. The van der Waals surface area contributed by atoms with Crippen molar-refractivity contribution >= 4 is 11.4 Å². The quantitative estimate of drug-likeness (QED) is 0.615. The smallest absolute Gasteiger partial charge is 0.0432 e. The minimum Gasteiger partial charge on any atom is -0.399 e. The number of nitrogens with two attached hydrogens (primary N) is 2. The molecule has 0 aliphatic heterocycles. The lowest BCUT2D eigenvalue weighted by molar-refractivity contribution is 0.593. The van der Waals surface area contributed by atoms with E-state index in [2.05, 4.69) is 57.2 Å². The lowest BCUT2D eigenvalue weighted by Crippen LogP contribution is -2.15. The largest absolute Gasteiger partial charge is 0.399 e. The van der Waals surface area contributed by atoms with E-state index in [9.17, 15) is 0 Å². The Kier molecular flexibility index (Phi) is 4.06. The van der Waals surface area contributed by atoms with Crippen LogP contribution in [0.3, 0.4) is 0 Å². The molecule has 0 saturated carbocycles. The first-order valence-corrected chi connectivity index (χ1v) is 8.21. The highest BCUT2D eigenvalue weighted by Crippen LogP contribution is 2.39. The van der Waals surface area contributed by atoms with Gasteiger partial charge in [-0.3, -0.25) is 0 Å². The van der Waals surface area contributed by atoms with E-state index in [0.29, 0.717) is 0 Å². The molecule has 2 heteroatoms. The van der Waals surface area contributed by atoms with Crippen LogP contribution in [0.15, 0.2) is 66.7 Å². The number of rotatable bonds is 2. The summed E-state index contributed by atoms with van der Waals surface area (Å²) >= 11 is 0. The van der Waals surface area contributed by atoms with Crippen LogP contribution in [0.25, 0.3) is 22.3 Å². The Bertz CT molecular complexity index is 842. The van der Waals surface area contributed by atoms with Crippen molar-refractivity contribution < 1.29 is 0 Å². The minimum absolute atomic E-state index is 0.0303. The SMILES string of the molecule is CC(C)(C)c1cc(-c2ccc(N)cc2)cc(-c2ccccc2)c1N. The molecule has 0 fully saturated rings. The van der Waals surface area contributed by atoms with Crippen LogP contribution in [-0.2, 0) is 5.41 Å². The van der Waals surface area contributed by atoms with Gasteiger partial charge < -0.3 is 11.5 Å². The van der Waals surface area contributed by atoms with Gasteiger partial charge in [-0.1, -0.05) is 63.2 Å². The molecule has 3 rings (SSSR count). The maximum atomic E-state index is 6.55. The van der Waals surface area contributed by atoms with Crippen molar-refractivity contribution in [1.82, 2.24) is 0 Å². The van der Waals surface area contributed by atoms with Crippen LogP contribution in [0.5, 0.6) is 0 Å². The van der Waals surface area contributed by atoms with Gasteiger partial charge in [0.2, 0.25) is 0 Å². The second-order valence-corrected chi connectivity index (χ2v) is 7.22. The second-order valence-electron chi connectivity index (χ2n) is 7.22. The van der Waals surface area contributed by atoms with Crippen LogP contribution in [0.1, 0.15) is 26.3 Å². The summed E-state index contributed by atoms with van der Waals surface area (Å²) < 4.78 is 0. The fourth-order valence-electron chi connectivity index (χ4n) is 2.97. The van der Waals surface area contributed by atoms with Gasteiger partial charge in [0.1, 0.15) is 0 Å². The first-order valence-electron chi connectivity index (χ1n) is 8.21. The van der Waals surface area contributed by atoms with Crippen molar-refractivity contribution in [2.24, 2.45) is 0 Å². The summed E-state index contributed by atoms with van der Waals surface area (Å²) in [4.78, 5) is 0. The normalized spacial score (nSPS) is 11.5. The average molecular weight is 316 g/mol. The maximum Gasteiger partial charge on any atom is 0.0432 e. The standard InChI is InChI=1S/C22H24N2/c1-22(2,3)20-14-17(15-9-11-18(23)12-10-15)13-19(21(20)24)16-7-5-4-6-8-16/h4-14H,23-24H2,1-3H3. The van der Waals surface area contributed by atoms with E-state index >= 15 is 0 Å². The van der Waals surface area contributed by atoms with Crippen LogP contribution in [0, 0.1) is 0 Å². The third-order valence-electron chi connectivity index (χ3n) is 4.32. The Labute approximate surface area is 144 Å². The molecule has 3 aromatic carbocycles. The average Bonchev–Trinajstić information content (AvgIpc) is 2.55. The second kappa shape index (κ2) is 6.04. The third kappa shape index (κ3) is 3.13. The number of hydrogen-bond acceptors (Lipinski definition) is 2. The van der Waals surface area contributed by atoms with E-state index in [-0.39, 0.29) is 5.41 Å². The van der Waals surface area contributed by atoms with Gasteiger partial charge in [0.05, 0.1) is 0 Å². The van der Waals surface area contributed by atoms with Gasteiger partial charge in [0, 0.05) is 16.9 Å². The highest BCUT2D eigenvalue weighted by molar-refractivity contribution is 5.85. The fraction of sp³-hybridized carbons (Fsp3) is 0.182. The number of benzene rings is 3. The molecule has 2 nitrogen and oxygen atoms in total. The Morgan fingerprint density at radius 3 is 1.88 bits per heavy atom. The number of anilines is 2. The Hall–Kier alpha value is -2.74. The zero-order valence-electron chi connectivity index (χ0n) is 14.5. The topological polar surface area (TPSA) is 52.0 Å². The zero-order chi connectivity index (χ0) is 17.3. The minimum atomic E-state index is -0.0303. The zero-order valence-corrected chi connectivity index (χ0v) is 14.5. The predicted octanol–water partition coefficient (Wildman–Crippen LogP) is 5.48.